The summed E-state index contributed by atoms with van der Waals surface area (Å²) in [5.41, 5.74) is 3.99. The number of nitrogens with zero attached hydrogens (tertiary/aromatic N) is 3. The summed E-state index contributed by atoms with van der Waals surface area (Å²) in [7, 11) is 0. The summed E-state index contributed by atoms with van der Waals surface area (Å²) in [5, 5.41) is 12.0. The van der Waals surface area contributed by atoms with Crippen molar-refractivity contribution in [3.05, 3.63) is 63.9 Å². The molecule has 0 saturated carbocycles. The molecule has 2 aromatic carbocycles. The highest BCUT2D eigenvalue weighted by Gasteiger charge is 2.14. The van der Waals surface area contributed by atoms with Crippen molar-refractivity contribution in [1.29, 1.82) is 0 Å². The average molecular weight is 431 g/mol. The zero-order valence-corrected chi connectivity index (χ0v) is 17.2. The van der Waals surface area contributed by atoms with Crippen molar-refractivity contribution in [3.63, 3.8) is 0 Å². The van der Waals surface area contributed by atoms with Crippen LogP contribution < -0.4 is 5.32 Å². The van der Waals surface area contributed by atoms with E-state index in [9.17, 15) is 4.79 Å². The van der Waals surface area contributed by atoms with Crippen molar-refractivity contribution in [2.45, 2.75) is 25.9 Å². The molecule has 5 nitrogen and oxygen atoms in total. The highest BCUT2D eigenvalue weighted by Crippen LogP contribution is 2.24. The van der Waals surface area contributed by atoms with Crippen molar-refractivity contribution in [1.82, 2.24) is 14.8 Å². The van der Waals surface area contributed by atoms with E-state index in [1.165, 1.54) is 11.8 Å². The predicted molar refractivity (Wildman–Crippen MR) is 109 cm³/mol. The van der Waals surface area contributed by atoms with E-state index in [4.69, 9.17) is 0 Å². The van der Waals surface area contributed by atoms with Crippen LogP contribution in [0.5, 0.6) is 0 Å². The highest BCUT2D eigenvalue weighted by atomic mass is 79.9. The quantitative estimate of drug-likeness (QED) is 0.596. The number of aromatic nitrogens is 3. The third kappa shape index (κ3) is 4.34. The molecule has 0 unspecified atom stereocenters. The fourth-order valence-corrected chi connectivity index (χ4v) is 3.86. The standard InChI is InChI=1S/C19H19BrN4OS/c1-12-5-4-6-16(9-12)24-14(3)22-23-19(24)26-11-18(25)21-17-8-7-15(20)10-13(17)2/h4-10H,11H2,1-3H3,(H,21,25). The minimum atomic E-state index is -0.0723. The maximum Gasteiger partial charge on any atom is 0.234 e. The number of hydrogen-bond donors (Lipinski definition) is 1. The lowest BCUT2D eigenvalue weighted by molar-refractivity contribution is -0.113. The number of carbonyl (C=O) groups is 1. The van der Waals surface area contributed by atoms with Gasteiger partial charge >= 0.3 is 0 Å². The van der Waals surface area contributed by atoms with Crippen LogP contribution in [-0.4, -0.2) is 26.4 Å². The first kappa shape index (κ1) is 18.7. The molecule has 0 saturated heterocycles. The van der Waals surface area contributed by atoms with Crippen LogP contribution in [0, 0.1) is 20.8 Å². The van der Waals surface area contributed by atoms with Crippen LogP contribution in [0.4, 0.5) is 5.69 Å². The van der Waals surface area contributed by atoms with Gasteiger partial charge in [0.25, 0.3) is 0 Å². The average Bonchev–Trinajstić information content (AvgIpc) is 2.96. The largest absolute Gasteiger partial charge is 0.325 e. The number of rotatable bonds is 5. The summed E-state index contributed by atoms with van der Waals surface area (Å²) in [4.78, 5) is 12.3. The molecule has 3 rings (SSSR count). The van der Waals surface area contributed by atoms with E-state index in [0.29, 0.717) is 5.16 Å². The monoisotopic (exact) mass is 430 g/mol. The molecule has 1 N–H and O–H groups in total. The van der Waals surface area contributed by atoms with E-state index >= 15 is 0 Å². The molecule has 0 spiro atoms. The Bertz CT molecular complexity index is 954. The Morgan fingerprint density at radius 3 is 2.69 bits per heavy atom. The molecule has 0 fully saturated rings. The molecule has 134 valence electrons. The van der Waals surface area contributed by atoms with Crippen LogP contribution in [0.3, 0.4) is 0 Å². The van der Waals surface area contributed by atoms with E-state index < -0.39 is 0 Å². The summed E-state index contributed by atoms with van der Waals surface area (Å²) in [6.07, 6.45) is 0. The summed E-state index contributed by atoms with van der Waals surface area (Å²) in [6.45, 7) is 5.92. The van der Waals surface area contributed by atoms with Gasteiger partial charge in [-0.05, 0) is 62.2 Å². The number of aryl methyl sites for hydroxylation is 3. The molecule has 0 aliphatic heterocycles. The van der Waals surface area contributed by atoms with Gasteiger partial charge in [0, 0.05) is 15.8 Å². The Morgan fingerprint density at radius 2 is 1.96 bits per heavy atom. The molecule has 26 heavy (non-hydrogen) atoms. The number of hydrogen-bond acceptors (Lipinski definition) is 4. The molecular formula is C19H19BrN4OS. The third-order valence-corrected chi connectivity index (χ3v) is 5.27. The van der Waals surface area contributed by atoms with Gasteiger partial charge < -0.3 is 5.32 Å². The third-order valence-electron chi connectivity index (χ3n) is 3.85. The lowest BCUT2D eigenvalue weighted by Gasteiger charge is -2.10. The molecular weight excluding hydrogens is 412 g/mol. The first-order valence-corrected chi connectivity index (χ1v) is 9.90. The number of halogens is 1. The maximum atomic E-state index is 12.3. The van der Waals surface area contributed by atoms with Gasteiger partial charge in [-0.1, -0.05) is 39.8 Å². The Balaban J connectivity index is 1.71. The van der Waals surface area contributed by atoms with Crippen molar-refractivity contribution < 1.29 is 4.79 Å². The van der Waals surface area contributed by atoms with Crippen LogP contribution in [0.2, 0.25) is 0 Å². The van der Waals surface area contributed by atoms with Crippen molar-refractivity contribution in [3.8, 4) is 5.69 Å². The minimum absolute atomic E-state index is 0.0723. The molecule has 1 amide bonds. The van der Waals surface area contributed by atoms with Gasteiger partial charge in [-0.15, -0.1) is 10.2 Å². The Kier molecular flexibility index (Phi) is 5.78. The number of benzene rings is 2. The minimum Gasteiger partial charge on any atom is -0.325 e. The number of thioether (sulfide) groups is 1. The van der Waals surface area contributed by atoms with Gasteiger partial charge in [-0.2, -0.15) is 0 Å². The summed E-state index contributed by atoms with van der Waals surface area (Å²) in [6, 6.07) is 13.9. The molecule has 0 bridgehead atoms. The van der Waals surface area contributed by atoms with Gasteiger partial charge in [0.1, 0.15) is 5.82 Å². The van der Waals surface area contributed by atoms with Crippen molar-refractivity contribution in [2.24, 2.45) is 0 Å². The number of anilines is 1. The molecule has 0 atom stereocenters. The fourth-order valence-electron chi connectivity index (χ4n) is 2.58. The van der Waals surface area contributed by atoms with Crippen LogP contribution in [0.15, 0.2) is 52.1 Å². The molecule has 0 aliphatic carbocycles. The Morgan fingerprint density at radius 1 is 1.15 bits per heavy atom. The molecule has 3 aromatic rings. The van der Waals surface area contributed by atoms with Crippen molar-refractivity contribution in [2.75, 3.05) is 11.1 Å². The van der Waals surface area contributed by atoms with Gasteiger partial charge in [0.05, 0.1) is 5.75 Å². The normalized spacial score (nSPS) is 10.8. The van der Waals surface area contributed by atoms with Crippen molar-refractivity contribution >= 4 is 39.3 Å². The second kappa shape index (κ2) is 8.05. The van der Waals surface area contributed by atoms with Gasteiger partial charge in [0.2, 0.25) is 5.91 Å². The van der Waals surface area contributed by atoms with E-state index in [1.807, 2.05) is 61.7 Å². The predicted octanol–water partition coefficient (Wildman–Crippen LogP) is 4.69. The van der Waals surface area contributed by atoms with E-state index in [2.05, 4.69) is 37.5 Å². The van der Waals surface area contributed by atoms with Gasteiger partial charge in [0.15, 0.2) is 5.16 Å². The Labute approximate surface area is 165 Å². The van der Waals surface area contributed by atoms with E-state index in [-0.39, 0.29) is 11.7 Å². The molecule has 0 aliphatic rings. The van der Waals surface area contributed by atoms with Gasteiger partial charge in [-0.25, -0.2) is 0 Å². The van der Waals surface area contributed by atoms with E-state index in [1.54, 1.807) is 0 Å². The number of amides is 1. The van der Waals surface area contributed by atoms with Gasteiger partial charge in [-0.3, -0.25) is 9.36 Å². The van der Waals surface area contributed by atoms with Crippen LogP contribution in [0.1, 0.15) is 17.0 Å². The van der Waals surface area contributed by atoms with E-state index in [0.717, 1.165) is 32.8 Å². The molecule has 0 radical (unpaired) electrons. The van der Waals surface area contributed by atoms with Crippen LogP contribution in [-0.2, 0) is 4.79 Å². The molecule has 1 aromatic heterocycles. The fraction of sp³-hybridized carbons (Fsp3) is 0.211. The molecule has 7 heteroatoms. The summed E-state index contributed by atoms with van der Waals surface area (Å²) < 4.78 is 2.96. The maximum absolute atomic E-state index is 12.3. The number of nitrogens with one attached hydrogen (secondary N) is 1. The zero-order valence-electron chi connectivity index (χ0n) is 14.8. The second-order valence-electron chi connectivity index (χ2n) is 6.00. The SMILES string of the molecule is Cc1cccc(-n2c(C)nnc2SCC(=O)Nc2ccc(Br)cc2C)c1. The summed E-state index contributed by atoms with van der Waals surface area (Å²) in [5.74, 6) is 0.985. The van der Waals surface area contributed by atoms with Crippen LogP contribution in [0.25, 0.3) is 5.69 Å². The highest BCUT2D eigenvalue weighted by molar-refractivity contribution is 9.10. The number of carbonyl (C=O) groups excluding carboxylic acids is 1. The second-order valence-corrected chi connectivity index (χ2v) is 7.86. The Hall–Kier alpha value is -2.12. The molecule has 1 heterocycles. The zero-order chi connectivity index (χ0) is 18.7. The first-order valence-electron chi connectivity index (χ1n) is 8.12. The lowest BCUT2D eigenvalue weighted by Crippen LogP contribution is -2.15. The summed E-state index contributed by atoms with van der Waals surface area (Å²) >= 11 is 4.80. The smallest absolute Gasteiger partial charge is 0.234 e. The van der Waals surface area contributed by atoms with Crippen LogP contribution >= 0.6 is 27.7 Å². The first-order chi connectivity index (χ1) is 12.4. The lowest BCUT2D eigenvalue weighted by atomic mass is 10.2. The topological polar surface area (TPSA) is 59.8 Å².